The summed E-state index contributed by atoms with van der Waals surface area (Å²) in [5.41, 5.74) is 2.53. The van der Waals surface area contributed by atoms with Crippen molar-refractivity contribution in [1.82, 2.24) is 9.21 Å². The van der Waals surface area contributed by atoms with Crippen molar-refractivity contribution in [3.63, 3.8) is 0 Å². The number of hydrogen-bond donors (Lipinski definition) is 0. The van der Waals surface area contributed by atoms with Gasteiger partial charge in [-0.05, 0) is 56.1 Å². The smallest absolute Gasteiger partial charge is 0.242 e. The summed E-state index contributed by atoms with van der Waals surface area (Å²) in [6.45, 7) is 3.09. The van der Waals surface area contributed by atoms with Crippen LogP contribution in [0.15, 0.2) is 100 Å². The largest absolute Gasteiger partial charge is 0.303 e. The molecule has 36 heavy (non-hydrogen) atoms. The minimum absolute atomic E-state index is 0.00789. The number of hydrogen-bond acceptors (Lipinski definition) is 4. The van der Waals surface area contributed by atoms with Gasteiger partial charge in [-0.15, -0.1) is 0 Å². The second-order valence-electron chi connectivity index (χ2n) is 10.1. The summed E-state index contributed by atoms with van der Waals surface area (Å²) in [6.07, 6.45) is 13.2. The van der Waals surface area contributed by atoms with Crippen LogP contribution in [0.4, 0.5) is 0 Å². The van der Waals surface area contributed by atoms with E-state index in [0.29, 0.717) is 11.4 Å². The summed E-state index contributed by atoms with van der Waals surface area (Å²) < 4.78 is 40.8. The fourth-order valence-electron chi connectivity index (χ4n) is 5.77. The number of allylic oxidation sites excluding steroid dienone is 5. The Morgan fingerprint density at radius 2 is 1.72 bits per heavy atom. The van der Waals surface area contributed by atoms with E-state index in [1.54, 1.807) is 31.3 Å². The highest BCUT2D eigenvalue weighted by Crippen LogP contribution is 2.45. The van der Waals surface area contributed by atoms with Gasteiger partial charge < -0.3 is 4.90 Å². The highest BCUT2D eigenvalue weighted by atomic mass is 32.2. The minimum Gasteiger partial charge on any atom is -0.303 e. The quantitative estimate of drug-likeness (QED) is 0.537. The van der Waals surface area contributed by atoms with Gasteiger partial charge in [-0.1, -0.05) is 72.4 Å². The Morgan fingerprint density at radius 3 is 2.50 bits per heavy atom. The molecule has 2 unspecified atom stereocenters. The van der Waals surface area contributed by atoms with Crippen LogP contribution in [0.5, 0.6) is 0 Å². The van der Waals surface area contributed by atoms with E-state index in [0.717, 1.165) is 49.5 Å². The van der Waals surface area contributed by atoms with Crippen LogP contribution in [-0.2, 0) is 26.2 Å². The third kappa shape index (κ3) is 5.07. The van der Waals surface area contributed by atoms with Crippen LogP contribution in [0.25, 0.3) is 0 Å². The molecule has 1 spiro atoms. The molecule has 3 aliphatic rings. The lowest BCUT2D eigenvalue weighted by molar-refractivity contribution is 0.151. The van der Waals surface area contributed by atoms with Crippen molar-refractivity contribution in [2.45, 2.75) is 34.5 Å². The van der Waals surface area contributed by atoms with Crippen molar-refractivity contribution in [2.75, 3.05) is 39.0 Å². The number of nitrogens with zero attached hydrogens (tertiary/aromatic N) is 2. The number of piperidine rings is 1. The van der Waals surface area contributed by atoms with E-state index in [2.05, 4.69) is 29.2 Å². The molecule has 0 aromatic heterocycles. The van der Waals surface area contributed by atoms with E-state index in [9.17, 15) is 12.6 Å². The van der Waals surface area contributed by atoms with Gasteiger partial charge >= 0.3 is 0 Å². The van der Waals surface area contributed by atoms with Gasteiger partial charge in [-0.2, -0.15) is 0 Å². The lowest BCUT2D eigenvalue weighted by atomic mass is 9.74. The Hall–Kier alpha value is -2.32. The third-order valence-electron chi connectivity index (χ3n) is 7.88. The predicted octanol–water partition coefficient (Wildman–Crippen LogP) is 4.52. The molecule has 5 nitrogen and oxygen atoms in total. The molecule has 1 saturated heterocycles. The summed E-state index contributed by atoms with van der Waals surface area (Å²) in [6, 6.07) is 16.9. The molecule has 0 bridgehead atoms. The number of benzene rings is 2. The standard InChI is InChI=1S/C29H34N2O3S2/c1-30(36(33,34)26-13-7-4-8-14-26)21-25(24-11-5-2-3-6-12-24)22-31-19-17-29(18-20-31)23-35(32)28-16-10-9-15-27(28)29/h2-11,13-16,25H,12,17-23H2,1H3. The van der Waals surface area contributed by atoms with Gasteiger partial charge in [0.2, 0.25) is 10.0 Å². The topological polar surface area (TPSA) is 57.7 Å². The molecule has 1 aliphatic carbocycles. The monoisotopic (exact) mass is 522 g/mol. The summed E-state index contributed by atoms with van der Waals surface area (Å²) in [5.74, 6) is 0.808. The number of sulfonamides is 1. The van der Waals surface area contributed by atoms with E-state index in [4.69, 9.17) is 0 Å². The van der Waals surface area contributed by atoms with Crippen LogP contribution < -0.4 is 0 Å². The van der Waals surface area contributed by atoms with Crippen molar-refractivity contribution < 1.29 is 12.6 Å². The van der Waals surface area contributed by atoms with Crippen LogP contribution in [-0.4, -0.2) is 60.8 Å². The van der Waals surface area contributed by atoms with Gasteiger partial charge in [-0.25, -0.2) is 12.7 Å². The lowest BCUT2D eigenvalue weighted by Crippen LogP contribution is -2.46. The Bertz CT molecular complexity index is 1310. The second-order valence-corrected chi connectivity index (χ2v) is 13.6. The zero-order valence-corrected chi connectivity index (χ0v) is 22.4. The first kappa shape index (κ1) is 25.3. The fourth-order valence-corrected chi connectivity index (χ4v) is 8.87. The molecule has 2 aromatic carbocycles. The summed E-state index contributed by atoms with van der Waals surface area (Å²) in [7, 11) is -2.79. The number of fused-ring (bicyclic) bond motifs is 2. The van der Waals surface area contributed by atoms with Crippen molar-refractivity contribution >= 4 is 20.8 Å². The van der Waals surface area contributed by atoms with Gasteiger partial charge in [0.15, 0.2) is 0 Å². The molecule has 2 aromatic rings. The highest BCUT2D eigenvalue weighted by molar-refractivity contribution is 7.89. The lowest BCUT2D eigenvalue weighted by Gasteiger charge is -2.41. The molecule has 2 aliphatic heterocycles. The molecule has 0 saturated carbocycles. The Balaban J connectivity index is 1.32. The van der Waals surface area contributed by atoms with Gasteiger partial charge in [0.1, 0.15) is 0 Å². The van der Waals surface area contributed by atoms with E-state index in [1.165, 1.54) is 15.4 Å². The zero-order chi connectivity index (χ0) is 25.2. The molecule has 2 heterocycles. The molecule has 5 rings (SSSR count). The zero-order valence-electron chi connectivity index (χ0n) is 20.8. The first-order chi connectivity index (χ1) is 17.4. The van der Waals surface area contributed by atoms with Gasteiger partial charge in [0, 0.05) is 42.1 Å². The first-order valence-corrected chi connectivity index (χ1v) is 15.4. The Labute approximate surface area is 217 Å². The highest BCUT2D eigenvalue weighted by Gasteiger charge is 2.44. The molecule has 2 atom stereocenters. The van der Waals surface area contributed by atoms with Crippen LogP contribution in [0.2, 0.25) is 0 Å². The molecule has 0 amide bonds. The molecule has 0 radical (unpaired) electrons. The first-order valence-electron chi connectivity index (χ1n) is 12.6. The molecule has 190 valence electrons. The maximum absolute atomic E-state index is 13.3. The average molecular weight is 523 g/mol. The summed E-state index contributed by atoms with van der Waals surface area (Å²) >= 11 is 0. The normalized spacial score (nSPS) is 22.4. The molecule has 1 fully saturated rings. The van der Waals surface area contributed by atoms with Crippen LogP contribution in [0, 0.1) is 5.92 Å². The van der Waals surface area contributed by atoms with E-state index in [1.807, 2.05) is 36.4 Å². The van der Waals surface area contributed by atoms with Crippen molar-refractivity contribution in [3.05, 3.63) is 96.1 Å². The van der Waals surface area contributed by atoms with Gasteiger partial charge in [0.25, 0.3) is 0 Å². The predicted molar refractivity (Wildman–Crippen MR) is 146 cm³/mol. The van der Waals surface area contributed by atoms with E-state index >= 15 is 0 Å². The van der Waals surface area contributed by atoms with E-state index < -0.39 is 20.8 Å². The molecular weight excluding hydrogens is 488 g/mol. The number of rotatable bonds is 7. The molecule has 7 heteroatoms. The molecular formula is C29H34N2O3S2. The molecule has 0 N–H and O–H groups in total. The minimum atomic E-state index is -3.56. The van der Waals surface area contributed by atoms with Crippen LogP contribution >= 0.6 is 0 Å². The SMILES string of the molecule is CN(CC(CN1CCC2(CC1)CS(=O)c1ccccc12)C1=CC=CC=CC1)S(=O)(=O)c1ccccc1. The Morgan fingerprint density at radius 1 is 1.00 bits per heavy atom. The maximum atomic E-state index is 13.3. The number of likely N-dealkylation sites (tertiary alicyclic amines) is 1. The average Bonchev–Trinajstić information content (AvgIpc) is 3.05. The Kier molecular flexibility index (Phi) is 7.45. The second kappa shape index (κ2) is 10.6. The van der Waals surface area contributed by atoms with Crippen molar-refractivity contribution in [3.8, 4) is 0 Å². The van der Waals surface area contributed by atoms with Crippen LogP contribution in [0.1, 0.15) is 24.8 Å². The van der Waals surface area contributed by atoms with Gasteiger partial charge in [-0.3, -0.25) is 4.21 Å². The summed E-state index contributed by atoms with van der Waals surface area (Å²) in [4.78, 5) is 3.81. The van der Waals surface area contributed by atoms with Crippen molar-refractivity contribution in [1.29, 1.82) is 0 Å². The van der Waals surface area contributed by atoms with E-state index in [-0.39, 0.29) is 11.3 Å². The fraction of sp³-hybridized carbons (Fsp3) is 0.379. The third-order valence-corrected chi connectivity index (χ3v) is 11.4. The van der Waals surface area contributed by atoms with Gasteiger partial charge in [0.05, 0.1) is 15.7 Å². The van der Waals surface area contributed by atoms with Crippen molar-refractivity contribution in [2.24, 2.45) is 5.92 Å². The van der Waals surface area contributed by atoms with Crippen LogP contribution in [0.3, 0.4) is 0 Å². The summed E-state index contributed by atoms with van der Waals surface area (Å²) in [5, 5.41) is 0. The maximum Gasteiger partial charge on any atom is 0.242 e.